The zero-order valence-corrected chi connectivity index (χ0v) is 10.5. The van der Waals surface area contributed by atoms with Gasteiger partial charge >= 0.3 is 0 Å². The van der Waals surface area contributed by atoms with E-state index in [0.29, 0.717) is 5.92 Å². The zero-order chi connectivity index (χ0) is 11.5. The summed E-state index contributed by atoms with van der Waals surface area (Å²) < 4.78 is 0. The molecular weight excluding hydrogens is 204 g/mol. The van der Waals surface area contributed by atoms with E-state index < -0.39 is 0 Å². The summed E-state index contributed by atoms with van der Waals surface area (Å²) in [6.45, 7) is 0. The van der Waals surface area contributed by atoms with Gasteiger partial charge in [0.15, 0.2) is 0 Å². The molecule has 0 aliphatic heterocycles. The highest BCUT2D eigenvalue weighted by Gasteiger charge is 2.36. The fourth-order valence-corrected chi connectivity index (χ4v) is 3.70. The molecule has 0 aromatic carbocycles. The van der Waals surface area contributed by atoms with E-state index in [2.05, 4.69) is 48.6 Å². The first-order valence-electron chi connectivity index (χ1n) is 7.13. The van der Waals surface area contributed by atoms with Crippen molar-refractivity contribution in [3.05, 3.63) is 48.6 Å². The molecule has 1 fully saturated rings. The van der Waals surface area contributed by atoms with Crippen LogP contribution in [0, 0.1) is 23.7 Å². The second kappa shape index (κ2) is 5.08. The smallest absolute Gasteiger partial charge is 0.00125 e. The average molecular weight is 226 g/mol. The second-order valence-electron chi connectivity index (χ2n) is 5.62. The maximum Gasteiger partial charge on any atom is 0.00125 e. The quantitative estimate of drug-likeness (QED) is 0.527. The Hall–Kier alpha value is -1.04. The Bertz CT molecular complexity index is 369. The molecule has 90 valence electrons. The number of hydrogen-bond donors (Lipinski definition) is 0. The van der Waals surface area contributed by atoms with Crippen molar-refractivity contribution in [3.8, 4) is 0 Å². The van der Waals surface area contributed by atoms with Gasteiger partial charge in [0, 0.05) is 5.92 Å². The molecule has 0 spiro atoms. The molecule has 4 atom stereocenters. The Morgan fingerprint density at radius 2 is 1.71 bits per heavy atom. The van der Waals surface area contributed by atoms with E-state index >= 15 is 0 Å². The lowest BCUT2D eigenvalue weighted by atomic mass is 9.71. The maximum absolute atomic E-state index is 2.50. The number of rotatable bonds is 0. The van der Waals surface area contributed by atoms with Crippen LogP contribution in [0.25, 0.3) is 0 Å². The summed E-state index contributed by atoms with van der Waals surface area (Å²) in [5, 5.41) is 0. The Morgan fingerprint density at radius 3 is 2.71 bits per heavy atom. The van der Waals surface area contributed by atoms with Gasteiger partial charge in [-0.15, -0.1) is 0 Å². The standard InChI is InChI=1S/C17H22/c1-2-4-6-10-16-14(8-5-3-1)12-13-15-9-7-11-17(15)16/h2,4-6,8,10,12-17H,1,3,7,9,11H2/b4-2-,8-5+,10-6+/t14-,15+,16+,17+/m1/s1. The van der Waals surface area contributed by atoms with Gasteiger partial charge in [0.1, 0.15) is 0 Å². The first kappa shape index (κ1) is 11.1. The van der Waals surface area contributed by atoms with Crippen LogP contribution in [0.4, 0.5) is 0 Å². The van der Waals surface area contributed by atoms with Gasteiger partial charge in [-0.1, -0.05) is 55.0 Å². The Kier molecular flexibility index (Phi) is 3.31. The molecular formula is C17H22. The van der Waals surface area contributed by atoms with Crippen LogP contribution in [0.2, 0.25) is 0 Å². The van der Waals surface area contributed by atoms with Crippen molar-refractivity contribution in [2.24, 2.45) is 23.7 Å². The Morgan fingerprint density at radius 1 is 0.765 bits per heavy atom. The minimum atomic E-state index is 0.650. The minimum Gasteiger partial charge on any atom is -0.0876 e. The minimum absolute atomic E-state index is 0.650. The van der Waals surface area contributed by atoms with Crippen molar-refractivity contribution in [1.82, 2.24) is 0 Å². The highest BCUT2D eigenvalue weighted by molar-refractivity contribution is 5.19. The molecule has 0 nitrogen and oxygen atoms in total. The highest BCUT2D eigenvalue weighted by Crippen LogP contribution is 2.45. The lowest BCUT2D eigenvalue weighted by Crippen LogP contribution is -2.26. The summed E-state index contributed by atoms with van der Waals surface area (Å²) in [6.07, 6.45) is 25.7. The molecule has 0 aromatic rings. The third-order valence-corrected chi connectivity index (χ3v) is 4.58. The Balaban J connectivity index is 1.89. The van der Waals surface area contributed by atoms with Gasteiger partial charge in [-0.2, -0.15) is 0 Å². The van der Waals surface area contributed by atoms with Gasteiger partial charge in [0.05, 0.1) is 0 Å². The lowest BCUT2D eigenvalue weighted by Gasteiger charge is -2.33. The molecule has 1 saturated carbocycles. The summed E-state index contributed by atoms with van der Waals surface area (Å²) in [4.78, 5) is 0. The van der Waals surface area contributed by atoms with Crippen molar-refractivity contribution in [1.29, 1.82) is 0 Å². The molecule has 3 aliphatic rings. The van der Waals surface area contributed by atoms with Gasteiger partial charge in [0.25, 0.3) is 0 Å². The van der Waals surface area contributed by atoms with Crippen LogP contribution in [0.3, 0.4) is 0 Å². The molecule has 3 rings (SSSR count). The second-order valence-corrected chi connectivity index (χ2v) is 5.62. The SMILES string of the molecule is C1=C[C@H]2/C=C/CC/C=C\C=C\[C@@H]2[C@H]2CCC[C@@H]12. The van der Waals surface area contributed by atoms with E-state index in [-0.39, 0.29) is 0 Å². The van der Waals surface area contributed by atoms with Crippen molar-refractivity contribution in [3.63, 3.8) is 0 Å². The molecule has 0 bridgehead atoms. The van der Waals surface area contributed by atoms with E-state index in [1.165, 1.54) is 32.1 Å². The van der Waals surface area contributed by atoms with E-state index in [1.807, 2.05) is 0 Å². The van der Waals surface area contributed by atoms with E-state index in [9.17, 15) is 0 Å². The normalized spacial score (nSPS) is 45.6. The van der Waals surface area contributed by atoms with Gasteiger partial charge in [0.2, 0.25) is 0 Å². The molecule has 17 heavy (non-hydrogen) atoms. The molecule has 0 N–H and O–H groups in total. The maximum atomic E-state index is 2.50. The average Bonchev–Trinajstić information content (AvgIpc) is 2.83. The van der Waals surface area contributed by atoms with Crippen molar-refractivity contribution >= 4 is 0 Å². The first-order valence-corrected chi connectivity index (χ1v) is 7.13. The third kappa shape index (κ3) is 2.31. The summed E-state index contributed by atoms with van der Waals surface area (Å²) in [5.41, 5.74) is 0. The molecule has 0 unspecified atom stereocenters. The van der Waals surface area contributed by atoms with Gasteiger partial charge in [-0.25, -0.2) is 0 Å². The summed E-state index contributed by atoms with van der Waals surface area (Å²) in [7, 11) is 0. The Labute approximate surface area is 105 Å². The van der Waals surface area contributed by atoms with Gasteiger partial charge in [-0.3, -0.25) is 0 Å². The number of hydrogen-bond acceptors (Lipinski definition) is 0. The zero-order valence-electron chi connectivity index (χ0n) is 10.5. The fourth-order valence-electron chi connectivity index (χ4n) is 3.70. The topological polar surface area (TPSA) is 0 Å². The molecule has 0 saturated heterocycles. The fraction of sp³-hybridized carbons (Fsp3) is 0.529. The summed E-state index contributed by atoms with van der Waals surface area (Å²) >= 11 is 0. The van der Waals surface area contributed by atoms with Crippen molar-refractivity contribution in [2.75, 3.05) is 0 Å². The van der Waals surface area contributed by atoms with Crippen LogP contribution in [0.5, 0.6) is 0 Å². The molecule has 0 heteroatoms. The van der Waals surface area contributed by atoms with Crippen molar-refractivity contribution in [2.45, 2.75) is 32.1 Å². The first-order chi connectivity index (χ1) is 8.45. The number of allylic oxidation sites excluding steroid dienone is 8. The number of fused-ring (bicyclic) bond motifs is 3. The van der Waals surface area contributed by atoms with E-state index in [0.717, 1.165) is 17.8 Å². The van der Waals surface area contributed by atoms with E-state index in [1.54, 1.807) is 0 Å². The molecule has 0 aromatic heterocycles. The van der Waals surface area contributed by atoms with Gasteiger partial charge < -0.3 is 0 Å². The van der Waals surface area contributed by atoms with Crippen molar-refractivity contribution < 1.29 is 0 Å². The van der Waals surface area contributed by atoms with E-state index in [4.69, 9.17) is 0 Å². The molecule has 3 aliphatic carbocycles. The van der Waals surface area contributed by atoms with Crippen LogP contribution in [-0.2, 0) is 0 Å². The van der Waals surface area contributed by atoms with Gasteiger partial charge in [-0.05, 0) is 43.4 Å². The predicted molar refractivity (Wildman–Crippen MR) is 73.6 cm³/mol. The monoisotopic (exact) mass is 226 g/mol. The highest BCUT2D eigenvalue weighted by atomic mass is 14.4. The predicted octanol–water partition coefficient (Wildman–Crippen LogP) is 4.67. The van der Waals surface area contributed by atoms with Crippen LogP contribution in [0.1, 0.15) is 32.1 Å². The summed E-state index contributed by atoms with van der Waals surface area (Å²) in [5.74, 6) is 3.16. The van der Waals surface area contributed by atoms with Crippen LogP contribution >= 0.6 is 0 Å². The third-order valence-electron chi connectivity index (χ3n) is 4.58. The molecule has 0 radical (unpaired) electrons. The molecule has 0 amide bonds. The van der Waals surface area contributed by atoms with Crippen LogP contribution < -0.4 is 0 Å². The largest absolute Gasteiger partial charge is 0.0876 e. The summed E-state index contributed by atoms with van der Waals surface area (Å²) in [6, 6.07) is 0. The van der Waals surface area contributed by atoms with Crippen LogP contribution in [-0.4, -0.2) is 0 Å². The lowest BCUT2D eigenvalue weighted by molar-refractivity contribution is 0.293. The van der Waals surface area contributed by atoms with Crippen LogP contribution in [0.15, 0.2) is 48.6 Å². The molecule has 0 heterocycles.